The van der Waals surface area contributed by atoms with E-state index in [1.165, 1.54) is 6.42 Å². The molecule has 1 aromatic rings. The molecule has 21 heavy (non-hydrogen) atoms. The average molecular weight is 293 g/mol. The number of methoxy groups -OCH3 is 1. The first kappa shape index (κ1) is 15.6. The number of hydrogen-bond acceptors (Lipinski definition) is 4. The summed E-state index contributed by atoms with van der Waals surface area (Å²) in [4.78, 5) is 14.2. The van der Waals surface area contributed by atoms with Crippen LogP contribution in [0.3, 0.4) is 0 Å². The first-order chi connectivity index (χ1) is 10.3. The van der Waals surface area contributed by atoms with E-state index in [1.54, 1.807) is 19.2 Å². The minimum Gasteiger partial charge on any atom is -0.493 e. The maximum absolute atomic E-state index is 12.3. The van der Waals surface area contributed by atoms with Gasteiger partial charge in [0.2, 0.25) is 0 Å². The maximum atomic E-state index is 12.3. The van der Waals surface area contributed by atoms with Gasteiger partial charge >= 0.3 is 0 Å². The number of hydrogen-bond donors (Lipinski definition) is 1. The van der Waals surface area contributed by atoms with Crippen molar-refractivity contribution in [3.63, 3.8) is 0 Å². The molecule has 1 fully saturated rings. The molecule has 0 spiro atoms. The van der Waals surface area contributed by atoms with E-state index in [1.807, 2.05) is 17.0 Å². The Morgan fingerprint density at radius 3 is 2.62 bits per heavy atom. The van der Waals surface area contributed by atoms with Gasteiger partial charge < -0.3 is 19.5 Å². The number of benzene rings is 1. The highest BCUT2D eigenvalue weighted by Gasteiger charge is 2.28. The summed E-state index contributed by atoms with van der Waals surface area (Å²) in [7, 11) is 1.58. The van der Waals surface area contributed by atoms with Gasteiger partial charge in [-0.25, -0.2) is 0 Å². The Morgan fingerprint density at radius 2 is 2.05 bits per heavy atom. The lowest BCUT2D eigenvalue weighted by atomic mass is 9.91. The summed E-state index contributed by atoms with van der Waals surface area (Å²) in [5.41, 5.74) is 0. The van der Waals surface area contributed by atoms with Crippen LogP contribution in [0.4, 0.5) is 0 Å². The zero-order valence-corrected chi connectivity index (χ0v) is 12.5. The Morgan fingerprint density at radius 1 is 1.33 bits per heavy atom. The Kier molecular flexibility index (Phi) is 5.87. The third-order valence-electron chi connectivity index (χ3n) is 3.81. The fourth-order valence-electron chi connectivity index (χ4n) is 2.41. The van der Waals surface area contributed by atoms with E-state index in [4.69, 9.17) is 14.6 Å². The number of para-hydroxylation sites is 2. The zero-order valence-electron chi connectivity index (χ0n) is 12.5. The molecule has 1 N–H and O–H groups in total. The summed E-state index contributed by atoms with van der Waals surface area (Å²) < 4.78 is 10.8. The molecule has 0 radical (unpaired) electrons. The first-order valence-electron chi connectivity index (χ1n) is 7.42. The molecule has 1 aliphatic rings. The van der Waals surface area contributed by atoms with Crippen LogP contribution in [0, 0.1) is 0 Å². The summed E-state index contributed by atoms with van der Waals surface area (Å²) in [5, 5.41) is 8.96. The highest BCUT2D eigenvalue weighted by Crippen LogP contribution is 2.27. The molecule has 0 saturated heterocycles. The molecule has 0 aromatic heterocycles. The van der Waals surface area contributed by atoms with Crippen LogP contribution in [0.25, 0.3) is 0 Å². The lowest BCUT2D eigenvalue weighted by molar-refractivity contribution is -0.137. The van der Waals surface area contributed by atoms with Gasteiger partial charge in [0, 0.05) is 19.2 Å². The number of rotatable bonds is 8. The number of amides is 1. The van der Waals surface area contributed by atoms with Crippen molar-refractivity contribution in [1.82, 2.24) is 4.90 Å². The fraction of sp³-hybridized carbons (Fsp3) is 0.562. The van der Waals surface area contributed by atoms with E-state index < -0.39 is 0 Å². The van der Waals surface area contributed by atoms with E-state index >= 15 is 0 Å². The number of aliphatic hydroxyl groups excluding tert-OH is 1. The highest BCUT2D eigenvalue weighted by molar-refractivity contribution is 5.78. The van der Waals surface area contributed by atoms with E-state index in [0.717, 1.165) is 12.8 Å². The molecule has 0 aliphatic heterocycles. The quantitative estimate of drug-likeness (QED) is 0.794. The monoisotopic (exact) mass is 293 g/mol. The topological polar surface area (TPSA) is 59.0 Å². The average Bonchev–Trinajstić information content (AvgIpc) is 2.47. The molecule has 0 heterocycles. The van der Waals surface area contributed by atoms with Gasteiger partial charge in [0.25, 0.3) is 5.91 Å². The predicted octanol–water partition coefficient (Wildman–Crippen LogP) is 1.84. The fourth-order valence-corrected chi connectivity index (χ4v) is 2.41. The second-order valence-corrected chi connectivity index (χ2v) is 5.19. The van der Waals surface area contributed by atoms with Gasteiger partial charge in [0.1, 0.15) is 0 Å². The van der Waals surface area contributed by atoms with E-state index in [0.29, 0.717) is 30.5 Å². The van der Waals surface area contributed by atoms with Crippen LogP contribution in [0.5, 0.6) is 11.5 Å². The van der Waals surface area contributed by atoms with Crippen molar-refractivity contribution >= 4 is 5.91 Å². The minimum absolute atomic E-state index is 0.00228. The van der Waals surface area contributed by atoms with Crippen molar-refractivity contribution in [2.75, 3.05) is 26.9 Å². The Bertz CT molecular complexity index is 459. The van der Waals surface area contributed by atoms with E-state index in [-0.39, 0.29) is 19.1 Å². The van der Waals surface area contributed by atoms with Gasteiger partial charge in [-0.2, -0.15) is 0 Å². The number of aliphatic hydroxyl groups is 1. The number of carbonyl (C=O) groups excluding carboxylic acids is 1. The molecular formula is C16H23NO4. The second kappa shape index (κ2) is 7.88. The predicted molar refractivity (Wildman–Crippen MR) is 79.5 cm³/mol. The third-order valence-corrected chi connectivity index (χ3v) is 3.81. The van der Waals surface area contributed by atoms with Gasteiger partial charge in [0.05, 0.1) is 7.11 Å². The zero-order chi connectivity index (χ0) is 15.1. The summed E-state index contributed by atoms with van der Waals surface area (Å²) in [6, 6.07) is 7.60. The van der Waals surface area contributed by atoms with Crippen LogP contribution in [0.15, 0.2) is 24.3 Å². The molecule has 0 bridgehead atoms. The van der Waals surface area contributed by atoms with Crippen molar-refractivity contribution < 1.29 is 19.4 Å². The molecule has 2 rings (SSSR count). The molecule has 5 nitrogen and oxygen atoms in total. The van der Waals surface area contributed by atoms with Crippen LogP contribution in [0.1, 0.15) is 25.7 Å². The molecular weight excluding hydrogens is 270 g/mol. The van der Waals surface area contributed by atoms with Crippen LogP contribution in [-0.2, 0) is 4.79 Å². The van der Waals surface area contributed by atoms with Crippen molar-refractivity contribution in [2.24, 2.45) is 0 Å². The molecule has 1 aromatic carbocycles. The van der Waals surface area contributed by atoms with Crippen molar-refractivity contribution in [3.05, 3.63) is 24.3 Å². The van der Waals surface area contributed by atoms with E-state index in [9.17, 15) is 4.79 Å². The molecule has 0 atom stereocenters. The molecule has 0 unspecified atom stereocenters. The Balaban J connectivity index is 1.91. The summed E-state index contributed by atoms with van der Waals surface area (Å²) in [6.45, 7) is 0.696. The summed E-state index contributed by atoms with van der Waals surface area (Å²) in [6.07, 6.45) is 3.87. The van der Waals surface area contributed by atoms with Crippen LogP contribution in [0.2, 0.25) is 0 Å². The maximum Gasteiger partial charge on any atom is 0.260 e. The van der Waals surface area contributed by atoms with Crippen LogP contribution in [-0.4, -0.2) is 48.8 Å². The van der Waals surface area contributed by atoms with Gasteiger partial charge in [-0.1, -0.05) is 12.1 Å². The molecule has 1 aliphatic carbocycles. The number of nitrogens with zero attached hydrogens (tertiary/aromatic N) is 1. The summed E-state index contributed by atoms with van der Waals surface area (Å²) >= 11 is 0. The Hall–Kier alpha value is -1.75. The van der Waals surface area contributed by atoms with Crippen LogP contribution >= 0.6 is 0 Å². The largest absolute Gasteiger partial charge is 0.493 e. The lowest BCUT2D eigenvalue weighted by Gasteiger charge is -2.37. The van der Waals surface area contributed by atoms with Crippen molar-refractivity contribution in [2.45, 2.75) is 31.7 Å². The normalized spacial score (nSPS) is 14.4. The van der Waals surface area contributed by atoms with Gasteiger partial charge in [-0.3, -0.25) is 4.79 Å². The third kappa shape index (κ3) is 4.11. The number of ether oxygens (including phenoxy) is 2. The Labute approximate surface area is 125 Å². The highest BCUT2D eigenvalue weighted by atomic mass is 16.5. The van der Waals surface area contributed by atoms with Crippen LogP contribution < -0.4 is 9.47 Å². The molecule has 1 saturated carbocycles. The standard InChI is InChI=1S/C16H23NO4/c1-20-14-8-2-3-9-15(14)21-12-16(19)17(10-5-11-18)13-6-4-7-13/h2-3,8-9,13,18H,4-7,10-12H2,1H3. The second-order valence-electron chi connectivity index (χ2n) is 5.19. The smallest absolute Gasteiger partial charge is 0.260 e. The lowest BCUT2D eigenvalue weighted by Crippen LogP contribution is -2.46. The SMILES string of the molecule is COc1ccccc1OCC(=O)N(CCCO)C1CCC1. The van der Waals surface area contributed by atoms with E-state index in [2.05, 4.69) is 0 Å². The minimum atomic E-state index is -0.0287. The first-order valence-corrected chi connectivity index (χ1v) is 7.42. The summed E-state index contributed by atoms with van der Waals surface area (Å²) in [5.74, 6) is 1.17. The number of carbonyl (C=O) groups is 1. The molecule has 1 amide bonds. The van der Waals surface area contributed by atoms with Gasteiger partial charge in [-0.15, -0.1) is 0 Å². The van der Waals surface area contributed by atoms with Gasteiger partial charge in [-0.05, 0) is 37.8 Å². The van der Waals surface area contributed by atoms with Crippen molar-refractivity contribution in [1.29, 1.82) is 0 Å². The molecule has 5 heteroatoms. The van der Waals surface area contributed by atoms with Gasteiger partial charge in [0.15, 0.2) is 18.1 Å². The van der Waals surface area contributed by atoms with Crippen molar-refractivity contribution in [3.8, 4) is 11.5 Å². The molecule has 116 valence electrons.